The first-order valence-electron chi connectivity index (χ1n) is 14.0. The summed E-state index contributed by atoms with van der Waals surface area (Å²) in [4.78, 5) is 30.7. The van der Waals surface area contributed by atoms with Crippen molar-refractivity contribution in [2.75, 3.05) is 24.5 Å². The van der Waals surface area contributed by atoms with Crippen LogP contribution < -0.4 is 10.5 Å². The molecule has 0 N–H and O–H groups in total. The maximum atomic E-state index is 13.3. The number of amides is 1. The molecule has 1 amide bonds. The number of nitrogens with zero attached hydrogens (tertiary/aromatic N) is 4. The molecule has 0 aromatic carbocycles. The number of hydrogen-bond acceptors (Lipinski definition) is 6. The summed E-state index contributed by atoms with van der Waals surface area (Å²) in [5, 5.41) is 9.67. The van der Waals surface area contributed by atoms with Crippen LogP contribution in [0.2, 0.25) is 0 Å². The van der Waals surface area contributed by atoms with Gasteiger partial charge in [0, 0.05) is 32.2 Å². The van der Waals surface area contributed by atoms with Gasteiger partial charge in [0.2, 0.25) is 0 Å². The van der Waals surface area contributed by atoms with Crippen LogP contribution in [0.25, 0.3) is 6.08 Å². The van der Waals surface area contributed by atoms with Crippen LogP contribution in [0.3, 0.4) is 0 Å². The second kappa shape index (κ2) is 14.7. The minimum absolute atomic E-state index is 0.0673. The Hall–Kier alpha value is -2.11. The van der Waals surface area contributed by atoms with Crippen molar-refractivity contribution in [3.63, 3.8) is 0 Å². The summed E-state index contributed by atoms with van der Waals surface area (Å²) < 4.78 is 2.17. The van der Waals surface area contributed by atoms with E-state index in [1.54, 1.807) is 16.5 Å². The average molecular weight is 543 g/mol. The van der Waals surface area contributed by atoms with E-state index in [-0.39, 0.29) is 17.0 Å². The first-order chi connectivity index (χ1) is 17.9. The van der Waals surface area contributed by atoms with Gasteiger partial charge in [-0.1, -0.05) is 88.7 Å². The van der Waals surface area contributed by atoms with Crippen molar-refractivity contribution in [3.05, 3.63) is 31.9 Å². The van der Waals surface area contributed by atoms with Crippen molar-refractivity contribution in [2.24, 2.45) is 7.05 Å². The number of pyridine rings is 1. The summed E-state index contributed by atoms with van der Waals surface area (Å²) in [6.07, 6.45) is 17.6. The highest BCUT2D eigenvalue weighted by molar-refractivity contribution is 8.26. The van der Waals surface area contributed by atoms with Crippen LogP contribution in [0.15, 0.2) is 9.70 Å². The topological polar surface area (TPSA) is 69.3 Å². The molecule has 1 aromatic rings. The smallest absolute Gasteiger partial charge is 0.270 e. The molecule has 2 aliphatic rings. The lowest BCUT2D eigenvalue weighted by molar-refractivity contribution is -0.122. The molecule has 202 valence electrons. The lowest BCUT2D eigenvalue weighted by Gasteiger charge is -2.32. The normalized spacial score (nSPS) is 17.2. The van der Waals surface area contributed by atoms with Crippen LogP contribution in [0, 0.1) is 18.3 Å². The monoisotopic (exact) mass is 542 g/mol. The lowest BCUT2D eigenvalue weighted by atomic mass is 10.0. The van der Waals surface area contributed by atoms with Gasteiger partial charge in [-0.15, -0.1) is 0 Å². The Balaban J connectivity index is 1.68. The molecule has 8 heteroatoms. The Morgan fingerprint density at radius 3 is 2.16 bits per heavy atom. The van der Waals surface area contributed by atoms with Crippen LogP contribution in [-0.4, -0.2) is 39.3 Å². The molecule has 0 unspecified atom stereocenters. The van der Waals surface area contributed by atoms with Crippen LogP contribution >= 0.6 is 24.0 Å². The Kier molecular flexibility index (Phi) is 11.7. The second-order valence-corrected chi connectivity index (χ2v) is 12.0. The number of thioether (sulfide) groups is 1. The van der Waals surface area contributed by atoms with Gasteiger partial charge in [0.05, 0.1) is 4.91 Å². The van der Waals surface area contributed by atoms with E-state index in [9.17, 15) is 14.9 Å². The molecule has 0 radical (unpaired) electrons. The molecule has 0 spiro atoms. The van der Waals surface area contributed by atoms with Crippen molar-refractivity contribution in [2.45, 2.75) is 97.3 Å². The zero-order chi connectivity index (χ0) is 26.8. The predicted molar refractivity (Wildman–Crippen MR) is 159 cm³/mol. The summed E-state index contributed by atoms with van der Waals surface area (Å²) >= 11 is 6.90. The summed E-state index contributed by atoms with van der Waals surface area (Å²) in [5.41, 5.74) is 1.26. The number of piperidine rings is 1. The molecule has 0 atom stereocenters. The quantitative estimate of drug-likeness (QED) is 0.157. The molecule has 2 aliphatic heterocycles. The number of rotatable bonds is 13. The zero-order valence-corrected chi connectivity index (χ0v) is 24.4. The Bertz CT molecular complexity index is 1100. The number of thiocarbonyl (C=S) groups is 1. The van der Waals surface area contributed by atoms with Gasteiger partial charge in [-0.3, -0.25) is 19.1 Å². The molecule has 6 nitrogen and oxygen atoms in total. The maximum absolute atomic E-state index is 13.3. The first-order valence-corrected chi connectivity index (χ1v) is 15.3. The van der Waals surface area contributed by atoms with E-state index in [4.69, 9.17) is 12.2 Å². The minimum atomic E-state index is -0.286. The van der Waals surface area contributed by atoms with E-state index in [0.717, 1.165) is 50.2 Å². The van der Waals surface area contributed by atoms with Crippen molar-refractivity contribution in [3.8, 4) is 6.07 Å². The van der Waals surface area contributed by atoms with Gasteiger partial charge in [0.1, 0.15) is 21.8 Å². The fourth-order valence-electron chi connectivity index (χ4n) is 5.28. The average Bonchev–Trinajstić information content (AvgIpc) is 3.16. The Morgan fingerprint density at radius 2 is 1.57 bits per heavy atom. The van der Waals surface area contributed by atoms with Crippen LogP contribution in [0.5, 0.6) is 0 Å². The van der Waals surface area contributed by atoms with Crippen LogP contribution in [0.1, 0.15) is 107 Å². The van der Waals surface area contributed by atoms with Crippen molar-refractivity contribution in [1.82, 2.24) is 9.47 Å². The summed E-state index contributed by atoms with van der Waals surface area (Å²) in [6, 6.07) is 2.08. The number of carbonyl (C=O) groups excluding carboxylic acids is 1. The van der Waals surface area contributed by atoms with Crippen molar-refractivity contribution < 1.29 is 4.79 Å². The number of carbonyl (C=O) groups is 1. The molecular formula is C29H42N4O2S2. The van der Waals surface area contributed by atoms with E-state index in [1.807, 2.05) is 13.0 Å². The number of hydrogen-bond donors (Lipinski definition) is 0. The highest BCUT2D eigenvalue weighted by Gasteiger charge is 2.33. The van der Waals surface area contributed by atoms with Gasteiger partial charge in [0.25, 0.3) is 11.5 Å². The fraction of sp³-hybridized carbons (Fsp3) is 0.655. The van der Waals surface area contributed by atoms with Crippen molar-refractivity contribution in [1.29, 1.82) is 5.26 Å². The molecule has 3 heterocycles. The zero-order valence-electron chi connectivity index (χ0n) is 22.8. The molecular weight excluding hydrogens is 500 g/mol. The highest BCUT2D eigenvalue weighted by Crippen LogP contribution is 2.36. The number of anilines is 1. The standard InChI is InChI=1S/C29H42N4O2S2/c1-4-5-6-7-8-9-10-11-12-16-19-33-28(35)25(37-29(33)36)20-23-22(2)24(21-30)27(34)31(3)26(23)32-17-14-13-15-18-32/h20H,4-19H2,1-3H3. The second-order valence-electron chi connectivity index (χ2n) is 10.3. The van der Waals surface area contributed by atoms with Gasteiger partial charge in [0.15, 0.2) is 0 Å². The van der Waals surface area contributed by atoms with E-state index in [2.05, 4.69) is 17.9 Å². The van der Waals surface area contributed by atoms with Gasteiger partial charge in [-0.25, -0.2) is 0 Å². The molecule has 0 bridgehead atoms. The van der Waals surface area contributed by atoms with Gasteiger partial charge >= 0.3 is 0 Å². The third-order valence-corrected chi connectivity index (χ3v) is 8.89. The third kappa shape index (κ3) is 7.48. The molecule has 0 saturated carbocycles. The molecule has 2 saturated heterocycles. The van der Waals surface area contributed by atoms with Gasteiger partial charge in [-0.05, 0) is 44.2 Å². The Labute approximate surface area is 232 Å². The SMILES string of the molecule is CCCCCCCCCCCCN1C(=O)C(=Cc2c(C)c(C#N)c(=O)n(C)c2N2CCCCC2)SC1=S. The van der Waals surface area contributed by atoms with Gasteiger partial charge in [-0.2, -0.15) is 5.26 Å². The highest BCUT2D eigenvalue weighted by atomic mass is 32.2. The van der Waals surface area contributed by atoms with Gasteiger partial charge < -0.3 is 4.90 Å². The van der Waals surface area contributed by atoms with Crippen molar-refractivity contribution >= 4 is 46.1 Å². The number of unbranched alkanes of at least 4 members (excludes halogenated alkanes) is 9. The Morgan fingerprint density at radius 1 is 0.973 bits per heavy atom. The molecule has 37 heavy (non-hydrogen) atoms. The fourth-order valence-corrected chi connectivity index (χ4v) is 6.57. The lowest BCUT2D eigenvalue weighted by Crippen LogP contribution is -2.36. The molecule has 3 rings (SSSR count). The van der Waals surface area contributed by atoms with E-state index in [0.29, 0.717) is 21.3 Å². The molecule has 1 aromatic heterocycles. The van der Waals surface area contributed by atoms with E-state index >= 15 is 0 Å². The molecule has 0 aliphatic carbocycles. The maximum Gasteiger partial charge on any atom is 0.270 e. The predicted octanol–water partition coefficient (Wildman–Crippen LogP) is 6.68. The summed E-state index contributed by atoms with van der Waals surface area (Å²) in [5.74, 6) is 0.725. The summed E-state index contributed by atoms with van der Waals surface area (Å²) in [6.45, 7) is 6.42. The van der Waals surface area contributed by atoms with E-state index < -0.39 is 0 Å². The molecule has 2 fully saturated rings. The largest absolute Gasteiger partial charge is 0.357 e. The number of aromatic nitrogens is 1. The van der Waals surface area contributed by atoms with Crippen LogP contribution in [0.4, 0.5) is 5.82 Å². The first kappa shape index (κ1) is 29.4. The summed E-state index contributed by atoms with van der Waals surface area (Å²) in [7, 11) is 1.72. The number of nitriles is 1. The third-order valence-electron chi connectivity index (χ3n) is 7.51. The van der Waals surface area contributed by atoms with E-state index in [1.165, 1.54) is 69.5 Å². The minimum Gasteiger partial charge on any atom is -0.357 e. The van der Waals surface area contributed by atoms with Crippen LogP contribution in [-0.2, 0) is 11.8 Å².